The molecule has 3 nitrogen and oxygen atoms in total. The van der Waals surface area contributed by atoms with Crippen molar-refractivity contribution in [2.75, 3.05) is 0 Å². The fourth-order valence-electron chi connectivity index (χ4n) is 0.149. The Kier molecular flexibility index (Phi) is 3.03. The van der Waals surface area contributed by atoms with Crippen LogP contribution >= 0.6 is 11.6 Å². The monoisotopic (exact) mass is 133 g/mol. The summed E-state index contributed by atoms with van der Waals surface area (Å²) in [5.41, 5.74) is -1.30. The van der Waals surface area contributed by atoms with Crippen LogP contribution in [0.2, 0.25) is 0 Å². The second-order valence-corrected chi connectivity index (χ2v) is 1.46. The van der Waals surface area contributed by atoms with Gasteiger partial charge in [0.25, 0.3) is 0 Å². The van der Waals surface area contributed by atoms with Crippen molar-refractivity contribution >= 4 is 17.4 Å². The molecule has 0 aromatic rings. The molecule has 0 bridgehead atoms. The molecule has 8 heavy (non-hydrogen) atoms. The molecular weight excluding hydrogens is 130 g/mol. The van der Waals surface area contributed by atoms with Crippen LogP contribution in [-0.4, -0.2) is 11.3 Å². The van der Waals surface area contributed by atoms with Crippen molar-refractivity contribution in [3.63, 3.8) is 0 Å². The zero-order valence-electron chi connectivity index (χ0n) is 4.00. The highest BCUT2D eigenvalue weighted by Gasteiger charge is 2.09. The van der Waals surface area contributed by atoms with Crippen LogP contribution < -0.4 is 0 Å². The van der Waals surface area contributed by atoms with Crippen molar-refractivity contribution in [2.45, 2.75) is 5.50 Å². The number of halogens is 1. The third-order valence-electron chi connectivity index (χ3n) is 0.529. The Hall–Kier alpha value is -0.700. The Morgan fingerprint density at radius 3 is 2.50 bits per heavy atom. The number of ketones is 1. The first-order chi connectivity index (χ1) is 3.72. The molecule has 0 spiro atoms. The van der Waals surface area contributed by atoms with Crippen LogP contribution in [0.25, 0.3) is 0 Å². The van der Waals surface area contributed by atoms with E-state index < -0.39 is 11.3 Å². The van der Waals surface area contributed by atoms with Crippen LogP contribution in [0.5, 0.6) is 0 Å². The number of nitrogens with zero attached hydrogens (tertiary/aromatic N) is 1. The molecule has 0 rings (SSSR count). The van der Waals surface area contributed by atoms with E-state index in [9.17, 15) is 9.70 Å². The van der Waals surface area contributed by atoms with E-state index in [4.69, 9.17) is 11.6 Å². The van der Waals surface area contributed by atoms with Crippen molar-refractivity contribution in [3.05, 3.63) is 17.6 Å². The maximum atomic E-state index is 10.2. The molecule has 0 amide bonds. The van der Waals surface area contributed by atoms with Crippen LogP contribution in [0, 0.1) is 4.91 Å². The molecule has 0 aromatic carbocycles. The number of nitroso groups, excluding NO2 is 1. The molecular formula is C4H4ClNO2. The van der Waals surface area contributed by atoms with E-state index in [1.165, 1.54) is 0 Å². The van der Waals surface area contributed by atoms with Crippen molar-refractivity contribution in [3.8, 4) is 0 Å². The van der Waals surface area contributed by atoms with Gasteiger partial charge in [-0.2, -0.15) is 0 Å². The Bertz CT molecular complexity index is 123. The van der Waals surface area contributed by atoms with Gasteiger partial charge < -0.3 is 0 Å². The highest BCUT2D eigenvalue weighted by Crippen LogP contribution is 1.97. The predicted octanol–water partition coefficient (Wildman–Crippen LogP) is 1.07. The molecule has 0 fully saturated rings. The van der Waals surface area contributed by atoms with Gasteiger partial charge in [0.1, 0.15) is 0 Å². The second-order valence-electron chi connectivity index (χ2n) is 1.05. The number of rotatable bonds is 3. The van der Waals surface area contributed by atoms with Crippen LogP contribution in [0.15, 0.2) is 17.8 Å². The average molecular weight is 134 g/mol. The van der Waals surface area contributed by atoms with E-state index in [-0.39, 0.29) is 0 Å². The number of alkyl halides is 1. The molecule has 0 aliphatic rings. The molecule has 0 saturated carbocycles. The first kappa shape index (κ1) is 7.30. The lowest BCUT2D eigenvalue weighted by Crippen LogP contribution is -2.06. The smallest absolute Gasteiger partial charge is 0.226 e. The zero-order chi connectivity index (χ0) is 6.57. The molecule has 1 atom stereocenters. The van der Waals surface area contributed by atoms with E-state index in [0.717, 1.165) is 6.08 Å². The third kappa shape index (κ3) is 1.84. The van der Waals surface area contributed by atoms with Gasteiger partial charge >= 0.3 is 0 Å². The molecule has 0 aliphatic heterocycles. The summed E-state index contributed by atoms with van der Waals surface area (Å²) in [6.07, 6.45) is 0.957. The summed E-state index contributed by atoms with van der Waals surface area (Å²) in [7, 11) is 0. The standard InChI is InChI=1S/C4H4ClNO2/c1-2-3(7)4(5)6-8/h2,4H,1H2. The molecule has 0 saturated heterocycles. The lowest BCUT2D eigenvalue weighted by molar-refractivity contribution is -0.114. The topological polar surface area (TPSA) is 46.5 Å². The van der Waals surface area contributed by atoms with Crippen molar-refractivity contribution in [1.29, 1.82) is 0 Å². The van der Waals surface area contributed by atoms with Gasteiger partial charge in [-0.05, 0) is 11.3 Å². The number of hydrogen-bond acceptors (Lipinski definition) is 3. The minimum Gasteiger partial charge on any atom is -0.291 e. The molecule has 0 radical (unpaired) electrons. The Morgan fingerprint density at radius 1 is 1.88 bits per heavy atom. The van der Waals surface area contributed by atoms with Gasteiger partial charge in [0.15, 0.2) is 5.78 Å². The van der Waals surface area contributed by atoms with E-state index in [0.29, 0.717) is 0 Å². The Morgan fingerprint density at radius 2 is 2.38 bits per heavy atom. The van der Waals surface area contributed by atoms with E-state index in [1.807, 2.05) is 0 Å². The molecule has 1 unspecified atom stereocenters. The van der Waals surface area contributed by atoms with Crippen molar-refractivity contribution in [2.24, 2.45) is 5.18 Å². The van der Waals surface area contributed by atoms with Crippen LogP contribution in [0.3, 0.4) is 0 Å². The highest BCUT2D eigenvalue weighted by molar-refractivity contribution is 6.32. The minimum atomic E-state index is -1.30. The summed E-state index contributed by atoms with van der Waals surface area (Å²) in [6, 6.07) is 0. The van der Waals surface area contributed by atoms with E-state index in [1.54, 1.807) is 0 Å². The first-order valence-electron chi connectivity index (χ1n) is 1.85. The largest absolute Gasteiger partial charge is 0.291 e. The van der Waals surface area contributed by atoms with E-state index in [2.05, 4.69) is 11.8 Å². The summed E-state index contributed by atoms with van der Waals surface area (Å²) in [6.45, 7) is 3.10. The van der Waals surface area contributed by atoms with Crippen LogP contribution in [0.4, 0.5) is 0 Å². The van der Waals surface area contributed by atoms with Gasteiger partial charge in [-0.1, -0.05) is 18.2 Å². The predicted molar refractivity (Wildman–Crippen MR) is 30.6 cm³/mol. The average Bonchev–Trinajstić information content (AvgIpc) is 1.84. The summed E-state index contributed by atoms with van der Waals surface area (Å²) in [5.74, 6) is -0.568. The molecule has 44 valence electrons. The summed E-state index contributed by atoms with van der Waals surface area (Å²) in [5, 5.41) is 2.25. The molecule has 4 heteroatoms. The minimum absolute atomic E-state index is 0.568. The number of hydrogen-bond donors (Lipinski definition) is 0. The van der Waals surface area contributed by atoms with Crippen molar-refractivity contribution in [1.82, 2.24) is 0 Å². The SMILES string of the molecule is C=CC(=O)C(Cl)N=O. The molecule has 0 heterocycles. The van der Waals surface area contributed by atoms with Crippen LogP contribution in [-0.2, 0) is 4.79 Å². The number of carbonyl (C=O) groups is 1. The fourth-order valence-corrected chi connectivity index (χ4v) is 0.238. The molecule has 0 aliphatic carbocycles. The second kappa shape index (κ2) is 3.32. The fraction of sp³-hybridized carbons (Fsp3) is 0.250. The third-order valence-corrected chi connectivity index (χ3v) is 0.823. The summed E-state index contributed by atoms with van der Waals surface area (Å²) < 4.78 is 0. The lowest BCUT2D eigenvalue weighted by Gasteiger charge is -1.87. The summed E-state index contributed by atoms with van der Waals surface area (Å²) >= 11 is 5.02. The highest BCUT2D eigenvalue weighted by atomic mass is 35.5. The van der Waals surface area contributed by atoms with Gasteiger partial charge in [-0.3, -0.25) is 4.79 Å². The van der Waals surface area contributed by atoms with Gasteiger partial charge in [0.05, 0.1) is 0 Å². The lowest BCUT2D eigenvalue weighted by atomic mass is 10.4. The van der Waals surface area contributed by atoms with Crippen molar-refractivity contribution < 1.29 is 4.79 Å². The maximum absolute atomic E-state index is 10.2. The van der Waals surface area contributed by atoms with Gasteiger partial charge in [-0.25, -0.2) is 0 Å². The molecule has 0 N–H and O–H groups in total. The number of carbonyl (C=O) groups excluding carboxylic acids is 1. The maximum Gasteiger partial charge on any atom is 0.226 e. The van der Waals surface area contributed by atoms with Gasteiger partial charge in [-0.15, -0.1) is 4.91 Å². The van der Waals surface area contributed by atoms with Crippen LogP contribution in [0.1, 0.15) is 0 Å². The normalized spacial score (nSPS) is 12.1. The molecule has 0 aromatic heterocycles. The zero-order valence-corrected chi connectivity index (χ0v) is 4.76. The Balaban J connectivity index is 3.80. The summed E-state index contributed by atoms with van der Waals surface area (Å²) in [4.78, 5) is 19.7. The van der Waals surface area contributed by atoms with Gasteiger partial charge in [0.2, 0.25) is 5.50 Å². The quantitative estimate of drug-likeness (QED) is 0.250. The Labute approximate surface area is 51.3 Å². The van der Waals surface area contributed by atoms with E-state index >= 15 is 0 Å². The first-order valence-corrected chi connectivity index (χ1v) is 2.29. The van der Waals surface area contributed by atoms with Gasteiger partial charge in [0, 0.05) is 0 Å².